The van der Waals surface area contributed by atoms with E-state index in [2.05, 4.69) is 27.9 Å². The van der Waals surface area contributed by atoms with Crippen molar-refractivity contribution in [3.63, 3.8) is 0 Å². The smallest absolute Gasteiger partial charge is 0.346 e. The number of fused-ring (bicyclic) bond motifs is 1. The van der Waals surface area contributed by atoms with Crippen LogP contribution in [0.25, 0.3) is 21.5 Å². The van der Waals surface area contributed by atoms with Crippen LogP contribution in [0.1, 0.15) is 5.69 Å². The summed E-state index contributed by atoms with van der Waals surface area (Å²) in [4.78, 5) is 21.4. The number of aryl methyl sites for hydroxylation is 1. The second-order valence-corrected chi connectivity index (χ2v) is 7.11. The minimum absolute atomic E-state index is 0.327. The number of hydrogen-bond donors (Lipinski definition) is 0. The van der Waals surface area contributed by atoms with E-state index in [0.29, 0.717) is 16.2 Å². The van der Waals surface area contributed by atoms with Gasteiger partial charge in [-0.1, -0.05) is 0 Å². The molecule has 0 saturated carbocycles. The van der Waals surface area contributed by atoms with Gasteiger partial charge in [0.1, 0.15) is 10.6 Å². The van der Waals surface area contributed by atoms with Crippen molar-refractivity contribution in [1.29, 1.82) is 0 Å². The summed E-state index contributed by atoms with van der Waals surface area (Å²) < 4.78 is 5.58. The summed E-state index contributed by atoms with van der Waals surface area (Å²) in [6.07, 6.45) is 0. The van der Waals surface area contributed by atoms with Crippen LogP contribution in [0.5, 0.6) is 0 Å². The van der Waals surface area contributed by atoms with Gasteiger partial charge in [0, 0.05) is 54.4 Å². The summed E-state index contributed by atoms with van der Waals surface area (Å²) in [6.45, 7) is 5.99. The summed E-state index contributed by atoms with van der Waals surface area (Å²) in [7, 11) is 2.14. The van der Waals surface area contributed by atoms with E-state index in [1.165, 1.54) is 11.3 Å². The molecule has 0 atom stereocenters. The molecule has 1 aromatic carbocycles. The Morgan fingerprint density at radius 3 is 2.67 bits per heavy atom. The Balaban J connectivity index is 1.72. The van der Waals surface area contributed by atoms with Crippen molar-refractivity contribution in [2.75, 3.05) is 38.1 Å². The van der Waals surface area contributed by atoms with Crippen molar-refractivity contribution in [3.05, 3.63) is 45.8 Å². The molecule has 2 aromatic heterocycles. The standard InChI is InChI=1S/C18H19N3O2S/c1-12-11-24-17(19-12)15-9-13-3-4-14(10-16(13)23-18(15)22)21-7-5-20(2)6-8-21/h3-4,9-11H,5-8H2,1-2H3. The van der Waals surface area contributed by atoms with Crippen molar-refractivity contribution in [2.24, 2.45) is 0 Å². The zero-order chi connectivity index (χ0) is 16.7. The molecule has 6 heteroatoms. The number of aromatic nitrogens is 1. The molecule has 24 heavy (non-hydrogen) atoms. The lowest BCUT2D eigenvalue weighted by atomic mass is 10.1. The van der Waals surface area contributed by atoms with Crippen molar-refractivity contribution >= 4 is 28.0 Å². The molecule has 124 valence electrons. The number of thiazole rings is 1. The average molecular weight is 341 g/mol. The Morgan fingerprint density at radius 1 is 1.17 bits per heavy atom. The molecule has 3 aromatic rings. The minimum atomic E-state index is -0.327. The maximum Gasteiger partial charge on any atom is 0.346 e. The van der Waals surface area contributed by atoms with Crippen LogP contribution < -0.4 is 10.5 Å². The number of piperazine rings is 1. The normalized spacial score (nSPS) is 16.0. The third kappa shape index (κ3) is 2.83. The van der Waals surface area contributed by atoms with Crippen molar-refractivity contribution < 1.29 is 4.42 Å². The summed E-state index contributed by atoms with van der Waals surface area (Å²) in [5.41, 5.74) is 2.87. The second-order valence-electron chi connectivity index (χ2n) is 6.25. The van der Waals surface area contributed by atoms with E-state index < -0.39 is 0 Å². The number of nitrogens with zero attached hydrogens (tertiary/aromatic N) is 3. The molecule has 3 heterocycles. The lowest BCUT2D eigenvalue weighted by Crippen LogP contribution is -2.44. The quantitative estimate of drug-likeness (QED) is 0.671. The van der Waals surface area contributed by atoms with Gasteiger partial charge < -0.3 is 14.2 Å². The van der Waals surface area contributed by atoms with Gasteiger partial charge in [0.05, 0.1) is 5.56 Å². The predicted octanol–water partition coefficient (Wildman–Crippen LogP) is 2.98. The van der Waals surface area contributed by atoms with Gasteiger partial charge >= 0.3 is 5.63 Å². The molecule has 0 amide bonds. The second kappa shape index (κ2) is 6.03. The first kappa shape index (κ1) is 15.4. The molecule has 0 spiro atoms. The highest BCUT2D eigenvalue weighted by Gasteiger charge is 2.16. The Hall–Kier alpha value is -2.18. The highest BCUT2D eigenvalue weighted by Crippen LogP contribution is 2.27. The number of rotatable bonds is 2. The summed E-state index contributed by atoms with van der Waals surface area (Å²) in [6, 6.07) is 7.98. The molecular weight excluding hydrogens is 322 g/mol. The van der Waals surface area contributed by atoms with Gasteiger partial charge in [-0.05, 0) is 32.2 Å². The van der Waals surface area contributed by atoms with Crippen LogP contribution in [-0.4, -0.2) is 43.1 Å². The van der Waals surface area contributed by atoms with Gasteiger partial charge in [0.25, 0.3) is 0 Å². The lowest BCUT2D eigenvalue weighted by Gasteiger charge is -2.34. The molecule has 1 fully saturated rings. The van der Waals surface area contributed by atoms with E-state index in [1.54, 1.807) is 0 Å². The zero-order valence-electron chi connectivity index (χ0n) is 13.8. The highest BCUT2D eigenvalue weighted by molar-refractivity contribution is 7.13. The molecule has 0 unspecified atom stereocenters. The van der Waals surface area contributed by atoms with Gasteiger partial charge in [-0.25, -0.2) is 9.78 Å². The molecule has 0 N–H and O–H groups in total. The van der Waals surface area contributed by atoms with E-state index >= 15 is 0 Å². The first-order chi connectivity index (χ1) is 11.6. The summed E-state index contributed by atoms with van der Waals surface area (Å²) in [5.74, 6) is 0. The van der Waals surface area contributed by atoms with Crippen LogP contribution in [0.15, 0.2) is 38.9 Å². The van der Waals surface area contributed by atoms with E-state index in [-0.39, 0.29) is 5.63 Å². The summed E-state index contributed by atoms with van der Waals surface area (Å²) in [5, 5.41) is 3.58. The van der Waals surface area contributed by atoms with Gasteiger partial charge in [-0.2, -0.15) is 0 Å². The van der Waals surface area contributed by atoms with E-state index in [0.717, 1.165) is 42.9 Å². The lowest BCUT2D eigenvalue weighted by molar-refractivity contribution is 0.313. The van der Waals surface area contributed by atoms with Gasteiger partial charge in [0.2, 0.25) is 0 Å². The molecule has 1 aliphatic heterocycles. The Labute approximate surface area is 144 Å². The maximum absolute atomic E-state index is 12.4. The molecule has 0 aliphatic carbocycles. The van der Waals surface area contributed by atoms with Gasteiger partial charge in [0.15, 0.2) is 0 Å². The monoisotopic (exact) mass is 341 g/mol. The number of anilines is 1. The van der Waals surface area contributed by atoms with Crippen LogP contribution >= 0.6 is 11.3 Å². The van der Waals surface area contributed by atoms with Gasteiger partial charge in [-0.3, -0.25) is 0 Å². The highest BCUT2D eigenvalue weighted by atomic mass is 32.1. The number of benzene rings is 1. The van der Waals surface area contributed by atoms with Crippen LogP contribution in [0.2, 0.25) is 0 Å². The van der Waals surface area contributed by atoms with Crippen molar-refractivity contribution in [3.8, 4) is 10.6 Å². The third-order valence-corrected chi connectivity index (χ3v) is 5.43. The fraction of sp³-hybridized carbons (Fsp3) is 0.333. The summed E-state index contributed by atoms with van der Waals surface area (Å²) >= 11 is 1.47. The SMILES string of the molecule is Cc1csc(-c2cc3ccc(N4CCN(C)CC4)cc3oc2=O)n1. The molecular formula is C18H19N3O2S. The number of likely N-dealkylation sites (N-methyl/N-ethyl adjacent to an activating group) is 1. The van der Waals surface area contributed by atoms with Crippen LogP contribution in [0, 0.1) is 6.92 Å². The Kier molecular flexibility index (Phi) is 3.86. The average Bonchev–Trinajstić information content (AvgIpc) is 3.00. The van der Waals surface area contributed by atoms with Crippen LogP contribution in [0.3, 0.4) is 0 Å². The molecule has 4 rings (SSSR count). The van der Waals surface area contributed by atoms with Crippen LogP contribution in [-0.2, 0) is 0 Å². The van der Waals surface area contributed by atoms with E-state index in [4.69, 9.17) is 4.42 Å². The Bertz CT molecular complexity index is 939. The molecule has 0 bridgehead atoms. The van der Waals surface area contributed by atoms with Crippen molar-refractivity contribution in [1.82, 2.24) is 9.88 Å². The largest absolute Gasteiger partial charge is 0.422 e. The fourth-order valence-electron chi connectivity index (χ4n) is 2.99. The predicted molar refractivity (Wildman–Crippen MR) is 98.0 cm³/mol. The Morgan fingerprint density at radius 2 is 1.96 bits per heavy atom. The fourth-order valence-corrected chi connectivity index (χ4v) is 3.79. The van der Waals surface area contributed by atoms with E-state index in [9.17, 15) is 4.79 Å². The van der Waals surface area contributed by atoms with Crippen LogP contribution in [0.4, 0.5) is 5.69 Å². The molecule has 0 radical (unpaired) electrons. The number of hydrogen-bond acceptors (Lipinski definition) is 6. The third-order valence-electron chi connectivity index (χ3n) is 4.44. The molecule has 1 aliphatic rings. The topological polar surface area (TPSA) is 49.6 Å². The van der Waals surface area contributed by atoms with E-state index in [1.807, 2.05) is 30.5 Å². The molecule has 1 saturated heterocycles. The minimum Gasteiger partial charge on any atom is -0.422 e. The zero-order valence-corrected chi connectivity index (χ0v) is 14.6. The first-order valence-corrected chi connectivity index (χ1v) is 8.92. The van der Waals surface area contributed by atoms with Gasteiger partial charge in [-0.15, -0.1) is 11.3 Å². The molecule has 5 nitrogen and oxygen atoms in total. The maximum atomic E-state index is 12.4. The van der Waals surface area contributed by atoms with Crippen molar-refractivity contribution in [2.45, 2.75) is 6.92 Å². The first-order valence-electron chi connectivity index (χ1n) is 8.04.